The first-order valence-corrected chi connectivity index (χ1v) is 4.61. The van der Waals surface area contributed by atoms with Gasteiger partial charge in [-0.05, 0) is 6.42 Å². The highest BCUT2D eigenvalue weighted by molar-refractivity contribution is 9.09. The van der Waals surface area contributed by atoms with Gasteiger partial charge in [0.25, 0.3) is 0 Å². The summed E-state index contributed by atoms with van der Waals surface area (Å²) in [6, 6.07) is 0. The minimum absolute atomic E-state index is 0.000278. The van der Waals surface area contributed by atoms with Crippen molar-refractivity contribution in [3.8, 4) is 0 Å². The van der Waals surface area contributed by atoms with Crippen LogP contribution in [0.25, 0.3) is 0 Å². The van der Waals surface area contributed by atoms with E-state index in [1.165, 1.54) is 0 Å². The molecule has 4 heteroatoms. The Labute approximate surface area is 74.7 Å². The summed E-state index contributed by atoms with van der Waals surface area (Å²) in [6.45, 7) is 0.407. The van der Waals surface area contributed by atoms with Gasteiger partial charge >= 0.3 is 0 Å². The zero-order chi connectivity index (χ0) is 8.53. The zero-order valence-corrected chi connectivity index (χ0v) is 7.82. The maximum absolute atomic E-state index is 10.8. The Morgan fingerprint density at radius 3 is 2.82 bits per heavy atom. The first kappa shape index (κ1) is 10.6. The molecule has 0 unspecified atom stereocenters. The van der Waals surface area contributed by atoms with Gasteiger partial charge in [-0.2, -0.15) is 0 Å². The van der Waals surface area contributed by atoms with Gasteiger partial charge in [0.2, 0.25) is 5.91 Å². The van der Waals surface area contributed by atoms with E-state index >= 15 is 0 Å². The number of carbonyl (C=O) groups is 1. The minimum Gasteiger partial charge on any atom is -0.356 e. The lowest BCUT2D eigenvalue weighted by Crippen LogP contribution is -2.24. The molecule has 0 aromatic carbocycles. The van der Waals surface area contributed by atoms with Crippen LogP contribution in [0.1, 0.15) is 19.3 Å². The summed E-state index contributed by atoms with van der Waals surface area (Å²) in [7, 11) is 0. The lowest BCUT2D eigenvalue weighted by Gasteiger charge is -1.99. The average Bonchev–Trinajstić information content (AvgIpc) is 2.01. The van der Waals surface area contributed by atoms with Gasteiger partial charge in [0.05, 0.1) is 0 Å². The van der Waals surface area contributed by atoms with E-state index in [2.05, 4.69) is 21.2 Å². The molecule has 0 aromatic rings. The predicted molar refractivity (Wildman–Crippen MR) is 46.3 cm³/mol. The number of hydrogen-bond donors (Lipinski definition) is 1. The van der Waals surface area contributed by atoms with Crippen molar-refractivity contribution in [1.82, 2.24) is 5.32 Å². The molecular weight excluding hydrogens is 210 g/mol. The highest BCUT2D eigenvalue weighted by atomic mass is 79.9. The summed E-state index contributed by atoms with van der Waals surface area (Å²) in [4.78, 5) is 20.5. The second-order valence-electron chi connectivity index (χ2n) is 2.04. The minimum atomic E-state index is -0.000278. The second kappa shape index (κ2) is 7.72. The Morgan fingerprint density at radius 2 is 2.27 bits per heavy atom. The maximum Gasteiger partial charge on any atom is 0.220 e. The van der Waals surface area contributed by atoms with Crippen LogP contribution in [0.4, 0.5) is 0 Å². The van der Waals surface area contributed by atoms with Crippen LogP contribution in [0.5, 0.6) is 0 Å². The van der Waals surface area contributed by atoms with E-state index < -0.39 is 0 Å². The third-order valence-electron chi connectivity index (χ3n) is 1.09. The molecule has 0 saturated heterocycles. The molecule has 0 atom stereocenters. The molecule has 63 valence electrons. The Bertz CT molecular complexity index is 128. The van der Waals surface area contributed by atoms with Crippen LogP contribution >= 0.6 is 15.9 Å². The molecule has 1 radical (unpaired) electrons. The first-order chi connectivity index (χ1) is 5.31. The number of halogens is 1. The molecule has 0 aromatic heterocycles. The third-order valence-corrected chi connectivity index (χ3v) is 1.65. The van der Waals surface area contributed by atoms with E-state index in [1.54, 1.807) is 6.29 Å². The summed E-state index contributed by atoms with van der Waals surface area (Å²) in [5.74, 6) is -0.000278. The monoisotopic (exact) mass is 220 g/mol. The summed E-state index contributed by atoms with van der Waals surface area (Å²) in [5, 5.41) is 3.43. The topological polar surface area (TPSA) is 46.2 Å². The van der Waals surface area contributed by atoms with Gasteiger partial charge in [-0.1, -0.05) is 15.9 Å². The molecule has 0 heterocycles. The normalized spacial score (nSPS) is 9.18. The Hall–Kier alpha value is -0.380. The van der Waals surface area contributed by atoms with E-state index in [0.29, 0.717) is 13.0 Å². The summed E-state index contributed by atoms with van der Waals surface area (Å²) < 4.78 is 0. The van der Waals surface area contributed by atoms with Crippen molar-refractivity contribution in [3.63, 3.8) is 0 Å². The van der Waals surface area contributed by atoms with Gasteiger partial charge in [-0.25, -0.2) is 0 Å². The van der Waals surface area contributed by atoms with Gasteiger partial charge in [-0.15, -0.1) is 0 Å². The molecule has 1 N–H and O–H groups in total. The molecule has 0 aliphatic heterocycles. The molecule has 1 amide bonds. The largest absolute Gasteiger partial charge is 0.356 e. The van der Waals surface area contributed by atoms with Crippen LogP contribution in [-0.4, -0.2) is 24.1 Å². The van der Waals surface area contributed by atoms with E-state index in [0.717, 1.165) is 11.8 Å². The fourth-order valence-corrected chi connectivity index (χ4v) is 0.849. The molecule has 0 saturated carbocycles. The number of amides is 1. The number of rotatable bonds is 6. The van der Waals surface area contributed by atoms with Crippen LogP contribution < -0.4 is 5.32 Å². The second-order valence-corrected chi connectivity index (χ2v) is 2.83. The lowest BCUT2D eigenvalue weighted by molar-refractivity contribution is -0.121. The van der Waals surface area contributed by atoms with Gasteiger partial charge in [0.1, 0.15) is 0 Å². The highest BCUT2D eigenvalue weighted by Gasteiger charge is 1.97. The smallest absolute Gasteiger partial charge is 0.220 e. The van der Waals surface area contributed by atoms with Crippen molar-refractivity contribution < 1.29 is 9.59 Å². The number of hydrogen-bond acceptors (Lipinski definition) is 2. The standard InChI is InChI=1S/C7H11BrNO2/c8-4-1-3-7(11)9-5-2-6-10/h1-5H2,(H,9,11). The first-order valence-electron chi connectivity index (χ1n) is 3.49. The van der Waals surface area contributed by atoms with Crippen LogP contribution in [0.15, 0.2) is 0 Å². The number of alkyl halides is 1. The number of carbonyl (C=O) groups excluding carboxylic acids is 2. The van der Waals surface area contributed by atoms with Crippen molar-refractivity contribution in [2.45, 2.75) is 19.3 Å². The molecule has 0 bridgehead atoms. The van der Waals surface area contributed by atoms with Gasteiger partial charge in [0, 0.05) is 24.7 Å². The molecule has 0 fully saturated rings. The Morgan fingerprint density at radius 1 is 1.55 bits per heavy atom. The van der Waals surface area contributed by atoms with E-state index in [9.17, 15) is 9.59 Å². The van der Waals surface area contributed by atoms with Crippen LogP contribution in [-0.2, 0) is 9.59 Å². The molecule has 0 aliphatic rings. The van der Waals surface area contributed by atoms with Crippen molar-refractivity contribution in [2.24, 2.45) is 0 Å². The van der Waals surface area contributed by atoms with Crippen molar-refractivity contribution in [1.29, 1.82) is 0 Å². The number of nitrogens with one attached hydrogen (secondary N) is 1. The van der Waals surface area contributed by atoms with Gasteiger partial charge < -0.3 is 5.32 Å². The summed E-state index contributed by atoms with van der Waals surface area (Å²) in [6.07, 6.45) is 3.33. The maximum atomic E-state index is 10.8. The van der Waals surface area contributed by atoms with Gasteiger partial charge in [-0.3, -0.25) is 9.59 Å². The molecule has 0 spiro atoms. The third kappa shape index (κ3) is 7.52. The molecule has 0 aliphatic carbocycles. The van der Waals surface area contributed by atoms with E-state index in [-0.39, 0.29) is 12.3 Å². The lowest BCUT2D eigenvalue weighted by atomic mass is 10.3. The van der Waals surface area contributed by atoms with Gasteiger partial charge in [0.15, 0.2) is 6.29 Å². The average molecular weight is 221 g/mol. The SMILES string of the molecule is O=[C]CCNC(=O)CCCBr. The molecule has 3 nitrogen and oxygen atoms in total. The highest BCUT2D eigenvalue weighted by Crippen LogP contribution is 1.92. The Balaban J connectivity index is 3.15. The molecular formula is C7H11BrNO2. The summed E-state index contributed by atoms with van der Waals surface area (Å²) in [5.41, 5.74) is 0. The van der Waals surface area contributed by atoms with Crippen LogP contribution in [0, 0.1) is 0 Å². The Kier molecular flexibility index (Phi) is 7.46. The van der Waals surface area contributed by atoms with Crippen molar-refractivity contribution in [2.75, 3.05) is 11.9 Å². The van der Waals surface area contributed by atoms with Crippen LogP contribution in [0.2, 0.25) is 0 Å². The van der Waals surface area contributed by atoms with Crippen molar-refractivity contribution in [3.05, 3.63) is 0 Å². The van der Waals surface area contributed by atoms with Crippen LogP contribution in [0.3, 0.4) is 0 Å². The summed E-state index contributed by atoms with van der Waals surface area (Å²) >= 11 is 3.22. The van der Waals surface area contributed by atoms with E-state index in [4.69, 9.17) is 0 Å². The zero-order valence-electron chi connectivity index (χ0n) is 6.23. The predicted octanol–water partition coefficient (Wildman–Crippen LogP) is 0.777. The fourth-order valence-electron chi connectivity index (χ4n) is 0.569. The molecule has 11 heavy (non-hydrogen) atoms. The fraction of sp³-hybridized carbons (Fsp3) is 0.714. The molecule has 0 rings (SSSR count). The van der Waals surface area contributed by atoms with E-state index in [1.807, 2.05) is 0 Å². The quantitative estimate of drug-likeness (QED) is 0.532. The van der Waals surface area contributed by atoms with Crippen molar-refractivity contribution >= 4 is 28.1 Å².